The molecule has 0 aliphatic carbocycles. The van der Waals surface area contributed by atoms with Gasteiger partial charge in [0, 0.05) is 28.3 Å². The van der Waals surface area contributed by atoms with Gasteiger partial charge in [0.05, 0.1) is 5.60 Å². The molecule has 1 rings (SSSR count). The van der Waals surface area contributed by atoms with E-state index in [4.69, 9.17) is 16.3 Å². The third-order valence-corrected chi connectivity index (χ3v) is 3.57. The van der Waals surface area contributed by atoms with E-state index in [-0.39, 0.29) is 5.60 Å². The van der Waals surface area contributed by atoms with Crippen LogP contribution in [0, 0.1) is 0 Å². The van der Waals surface area contributed by atoms with Crippen LogP contribution < -0.4 is 5.32 Å². The molecule has 0 spiro atoms. The lowest BCUT2D eigenvalue weighted by Gasteiger charge is -2.27. The lowest BCUT2D eigenvalue weighted by molar-refractivity contribution is 0.0128. The fourth-order valence-corrected chi connectivity index (χ4v) is 2.54. The molecule has 0 aliphatic heterocycles. The predicted molar refractivity (Wildman–Crippen MR) is 77.9 cm³/mol. The topological polar surface area (TPSA) is 21.3 Å². The van der Waals surface area contributed by atoms with E-state index >= 15 is 0 Å². The van der Waals surface area contributed by atoms with Crippen LogP contribution in [0.2, 0.25) is 5.02 Å². The van der Waals surface area contributed by atoms with Gasteiger partial charge in [0.25, 0.3) is 0 Å². The maximum absolute atomic E-state index is 5.90. The highest BCUT2D eigenvalue weighted by atomic mass is 79.9. The smallest absolute Gasteiger partial charge is 0.0642 e. The molecule has 0 amide bonds. The van der Waals surface area contributed by atoms with Crippen molar-refractivity contribution in [2.45, 2.75) is 38.8 Å². The second kappa shape index (κ2) is 6.07. The first-order valence-electron chi connectivity index (χ1n) is 5.61. The van der Waals surface area contributed by atoms with E-state index in [1.807, 2.05) is 18.2 Å². The number of rotatable bonds is 5. The van der Waals surface area contributed by atoms with Gasteiger partial charge >= 0.3 is 0 Å². The van der Waals surface area contributed by atoms with Crippen molar-refractivity contribution in [3.05, 3.63) is 27.7 Å². The van der Waals surface area contributed by atoms with E-state index in [0.29, 0.717) is 6.04 Å². The zero-order valence-electron chi connectivity index (χ0n) is 10.7. The van der Waals surface area contributed by atoms with E-state index in [2.05, 4.69) is 42.0 Å². The molecule has 1 aromatic rings. The van der Waals surface area contributed by atoms with Gasteiger partial charge in [-0.05, 0) is 61.3 Å². The Bertz CT molecular complexity index is 382. The predicted octanol–water partition coefficient (Wildman–Crippen LogP) is 4.72. The third-order valence-electron chi connectivity index (χ3n) is 2.68. The lowest BCUT2D eigenvalue weighted by atomic mass is 10.00. The van der Waals surface area contributed by atoms with Gasteiger partial charge in [-0.3, -0.25) is 0 Å². The average Bonchev–Trinajstić information content (AvgIpc) is 2.21. The molecule has 0 heterocycles. The standard InChI is InChI=1S/C13H19BrClNO/c1-9(8-13(2,3)17-4)16-12-6-5-10(15)7-11(12)14/h5-7,9,16H,8H2,1-4H3. The number of methoxy groups -OCH3 is 1. The SMILES string of the molecule is COC(C)(C)CC(C)Nc1ccc(Cl)cc1Br. The van der Waals surface area contributed by atoms with Gasteiger partial charge in [0.15, 0.2) is 0 Å². The lowest BCUT2D eigenvalue weighted by Crippen LogP contribution is -2.31. The zero-order valence-corrected chi connectivity index (χ0v) is 13.0. The van der Waals surface area contributed by atoms with Crippen molar-refractivity contribution in [3.8, 4) is 0 Å². The molecule has 0 radical (unpaired) electrons. The van der Waals surface area contributed by atoms with Gasteiger partial charge in [0.2, 0.25) is 0 Å². The highest BCUT2D eigenvalue weighted by Crippen LogP contribution is 2.27. The van der Waals surface area contributed by atoms with Crippen molar-refractivity contribution in [3.63, 3.8) is 0 Å². The molecule has 0 aliphatic rings. The molecule has 0 bridgehead atoms. The number of halogens is 2. The fraction of sp³-hybridized carbons (Fsp3) is 0.538. The van der Waals surface area contributed by atoms with Crippen LogP contribution in [0.5, 0.6) is 0 Å². The van der Waals surface area contributed by atoms with Crippen molar-refractivity contribution < 1.29 is 4.74 Å². The maximum atomic E-state index is 5.90. The molecular weight excluding hydrogens is 302 g/mol. The van der Waals surface area contributed by atoms with Gasteiger partial charge in [-0.15, -0.1) is 0 Å². The molecule has 1 aromatic carbocycles. The third kappa shape index (κ3) is 4.86. The number of ether oxygens (including phenoxy) is 1. The summed E-state index contributed by atoms with van der Waals surface area (Å²) < 4.78 is 6.40. The van der Waals surface area contributed by atoms with Crippen LogP contribution in [0.1, 0.15) is 27.2 Å². The summed E-state index contributed by atoms with van der Waals surface area (Å²) in [6.45, 7) is 6.31. The van der Waals surface area contributed by atoms with Gasteiger partial charge in [-0.1, -0.05) is 11.6 Å². The monoisotopic (exact) mass is 319 g/mol. The van der Waals surface area contributed by atoms with Crippen molar-refractivity contribution in [1.29, 1.82) is 0 Å². The summed E-state index contributed by atoms with van der Waals surface area (Å²) in [5.74, 6) is 0. The second-order valence-electron chi connectivity index (χ2n) is 4.84. The molecule has 2 nitrogen and oxygen atoms in total. The van der Waals surface area contributed by atoms with Crippen LogP contribution in [0.15, 0.2) is 22.7 Å². The molecule has 17 heavy (non-hydrogen) atoms. The minimum atomic E-state index is -0.120. The Kier molecular flexibility index (Phi) is 5.29. The number of benzene rings is 1. The molecule has 0 saturated carbocycles. The van der Waals surface area contributed by atoms with E-state index in [1.165, 1.54) is 0 Å². The first-order chi connectivity index (χ1) is 7.84. The summed E-state index contributed by atoms with van der Waals surface area (Å²) in [5, 5.41) is 4.17. The first-order valence-corrected chi connectivity index (χ1v) is 6.78. The Labute approximate surface area is 117 Å². The molecule has 1 atom stereocenters. The fourth-order valence-electron chi connectivity index (χ4n) is 1.74. The summed E-state index contributed by atoms with van der Waals surface area (Å²) in [5.41, 5.74) is 0.930. The van der Waals surface area contributed by atoms with Gasteiger partial charge < -0.3 is 10.1 Å². The number of anilines is 1. The van der Waals surface area contributed by atoms with E-state index in [9.17, 15) is 0 Å². The van der Waals surface area contributed by atoms with Gasteiger partial charge in [0.1, 0.15) is 0 Å². The van der Waals surface area contributed by atoms with Crippen LogP contribution in [0.25, 0.3) is 0 Å². The van der Waals surface area contributed by atoms with Crippen molar-refractivity contribution >= 4 is 33.2 Å². The minimum absolute atomic E-state index is 0.120. The summed E-state index contributed by atoms with van der Waals surface area (Å²) in [6, 6.07) is 6.06. The van der Waals surface area contributed by atoms with E-state index < -0.39 is 0 Å². The van der Waals surface area contributed by atoms with Crippen LogP contribution in [-0.2, 0) is 4.74 Å². The van der Waals surface area contributed by atoms with E-state index in [0.717, 1.165) is 21.6 Å². The summed E-state index contributed by atoms with van der Waals surface area (Å²) in [6.07, 6.45) is 0.929. The Balaban J connectivity index is 2.65. The van der Waals surface area contributed by atoms with E-state index in [1.54, 1.807) is 7.11 Å². The van der Waals surface area contributed by atoms with Crippen LogP contribution in [-0.4, -0.2) is 18.8 Å². The van der Waals surface area contributed by atoms with Gasteiger partial charge in [-0.2, -0.15) is 0 Å². The van der Waals surface area contributed by atoms with Gasteiger partial charge in [-0.25, -0.2) is 0 Å². The molecule has 0 aromatic heterocycles. The largest absolute Gasteiger partial charge is 0.382 e. The van der Waals surface area contributed by atoms with Crippen molar-refractivity contribution in [2.24, 2.45) is 0 Å². The van der Waals surface area contributed by atoms with Crippen LogP contribution in [0.4, 0.5) is 5.69 Å². The molecular formula is C13H19BrClNO. The Morgan fingerprint density at radius 2 is 2.12 bits per heavy atom. The van der Waals surface area contributed by atoms with Crippen LogP contribution >= 0.6 is 27.5 Å². The minimum Gasteiger partial charge on any atom is -0.382 e. The maximum Gasteiger partial charge on any atom is 0.0642 e. The molecule has 4 heteroatoms. The van der Waals surface area contributed by atoms with Crippen LogP contribution in [0.3, 0.4) is 0 Å². The Hall–Kier alpha value is -0.250. The Morgan fingerprint density at radius 1 is 1.47 bits per heavy atom. The number of hydrogen-bond donors (Lipinski definition) is 1. The Morgan fingerprint density at radius 3 is 2.65 bits per heavy atom. The summed E-state index contributed by atoms with van der Waals surface area (Å²) in [4.78, 5) is 0. The number of nitrogens with one attached hydrogen (secondary N) is 1. The number of hydrogen-bond acceptors (Lipinski definition) is 2. The molecule has 96 valence electrons. The average molecular weight is 321 g/mol. The molecule has 0 saturated heterocycles. The summed E-state index contributed by atoms with van der Waals surface area (Å²) in [7, 11) is 1.74. The van der Waals surface area contributed by atoms with Crippen molar-refractivity contribution in [2.75, 3.05) is 12.4 Å². The molecule has 1 unspecified atom stereocenters. The first kappa shape index (κ1) is 14.8. The quantitative estimate of drug-likeness (QED) is 0.847. The summed E-state index contributed by atoms with van der Waals surface area (Å²) >= 11 is 9.40. The normalized spacial score (nSPS) is 13.5. The molecule has 0 fully saturated rings. The highest BCUT2D eigenvalue weighted by molar-refractivity contribution is 9.10. The second-order valence-corrected chi connectivity index (χ2v) is 6.13. The van der Waals surface area contributed by atoms with Crippen molar-refractivity contribution in [1.82, 2.24) is 0 Å². The molecule has 1 N–H and O–H groups in total. The highest BCUT2D eigenvalue weighted by Gasteiger charge is 2.20. The zero-order chi connectivity index (χ0) is 13.1.